The molecule has 202 valence electrons. The van der Waals surface area contributed by atoms with Crippen LogP contribution in [-0.4, -0.2) is 31.7 Å². The summed E-state index contributed by atoms with van der Waals surface area (Å²) in [6, 6.07) is 19.5. The summed E-state index contributed by atoms with van der Waals surface area (Å²) in [6.45, 7) is 7.54. The zero-order valence-electron chi connectivity index (χ0n) is 22.2. The van der Waals surface area contributed by atoms with Crippen molar-refractivity contribution in [1.82, 2.24) is 4.31 Å². The third-order valence-corrected chi connectivity index (χ3v) is 9.62. The lowest BCUT2D eigenvalue weighted by atomic mass is 9.82. The van der Waals surface area contributed by atoms with Gasteiger partial charge in [-0.25, -0.2) is 8.42 Å². The number of anilines is 1. The molecule has 1 amide bonds. The number of sulfonamides is 1. The average Bonchev–Trinajstić information content (AvgIpc) is 3.21. The maximum Gasteiger partial charge on any atom is 0.255 e. The first-order valence-corrected chi connectivity index (χ1v) is 14.9. The van der Waals surface area contributed by atoms with Gasteiger partial charge in [-0.3, -0.25) is 4.79 Å². The minimum Gasteiger partial charge on any atom is -0.457 e. The summed E-state index contributed by atoms with van der Waals surface area (Å²) in [5.74, 6) is 0.955. The molecule has 0 spiro atoms. The van der Waals surface area contributed by atoms with Crippen molar-refractivity contribution in [3.63, 3.8) is 0 Å². The van der Waals surface area contributed by atoms with Crippen molar-refractivity contribution in [3.05, 3.63) is 82.9 Å². The van der Waals surface area contributed by atoms with Crippen molar-refractivity contribution >= 4 is 33.2 Å². The first kappa shape index (κ1) is 28.1. The molecule has 1 N–H and O–H groups in total. The standard InChI is InChI=1S/C30H35ClN2O4S/c1-4-30(2,3)23-10-14-25(15-11-23)37-26-16-12-24(13-17-26)32-29(34)22-9-18-27(31)28(21-22)38(35,36)33-19-7-5-6-8-20-33/h9-18,21H,4-8,19-20H2,1-3H3,(H,32,34). The lowest BCUT2D eigenvalue weighted by Gasteiger charge is -2.23. The molecule has 0 saturated carbocycles. The molecule has 0 unspecified atom stereocenters. The van der Waals surface area contributed by atoms with Gasteiger partial charge in [-0.05, 0) is 84.8 Å². The Morgan fingerprint density at radius 1 is 0.921 bits per heavy atom. The number of carbonyl (C=O) groups excluding carboxylic acids is 1. The van der Waals surface area contributed by atoms with E-state index in [2.05, 4.69) is 38.2 Å². The minimum atomic E-state index is -3.79. The van der Waals surface area contributed by atoms with Crippen LogP contribution in [0.3, 0.4) is 0 Å². The quantitative estimate of drug-likeness (QED) is 0.310. The molecule has 6 nitrogen and oxygen atoms in total. The molecular formula is C30H35ClN2O4S. The molecule has 1 fully saturated rings. The highest BCUT2D eigenvalue weighted by atomic mass is 35.5. The van der Waals surface area contributed by atoms with E-state index < -0.39 is 15.9 Å². The zero-order valence-corrected chi connectivity index (χ0v) is 23.7. The van der Waals surface area contributed by atoms with Gasteiger partial charge in [0.1, 0.15) is 16.4 Å². The van der Waals surface area contributed by atoms with E-state index in [0.717, 1.165) is 37.9 Å². The largest absolute Gasteiger partial charge is 0.457 e. The Kier molecular flexibility index (Phi) is 8.81. The summed E-state index contributed by atoms with van der Waals surface area (Å²) in [5, 5.41) is 2.93. The first-order valence-electron chi connectivity index (χ1n) is 13.1. The summed E-state index contributed by atoms with van der Waals surface area (Å²) in [6.07, 6.45) is 4.70. The zero-order chi connectivity index (χ0) is 27.3. The van der Waals surface area contributed by atoms with Crippen molar-refractivity contribution in [1.29, 1.82) is 0 Å². The molecule has 0 atom stereocenters. The summed E-state index contributed by atoms with van der Waals surface area (Å²) < 4.78 is 34.0. The normalized spacial score (nSPS) is 15.1. The Morgan fingerprint density at radius 2 is 1.50 bits per heavy atom. The van der Waals surface area contributed by atoms with Gasteiger partial charge in [0.05, 0.1) is 5.02 Å². The fraction of sp³-hybridized carbons (Fsp3) is 0.367. The van der Waals surface area contributed by atoms with Gasteiger partial charge in [-0.15, -0.1) is 0 Å². The molecule has 8 heteroatoms. The predicted octanol–water partition coefficient (Wildman–Crippen LogP) is 7.64. The molecule has 0 aliphatic carbocycles. The molecule has 1 aliphatic heterocycles. The van der Waals surface area contributed by atoms with Gasteiger partial charge in [0.15, 0.2) is 0 Å². The Balaban J connectivity index is 1.43. The van der Waals surface area contributed by atoms with Gasteiger partial charge in [-0.2, -0.15) is 4.31 Å². The Bertz CT molecular complexity index is 1360. The third kappa shape index (κ3) is 6.57. The lowest BCUT2D eigenvalue weighted by molar-refractivity contribution is 0.102. The number of rotatable bonds is 8. The number of carbonyl (C=O) groups is 1. The van der Waals surface area contributed by atoms with Crippen LogP contribution in [0.5, 0.6) is 11.5 Å². The van der Waals surface area contributed by atoms with Crippen molar-refractivity contribution in [2.75, 3.05) is 18.4 Å². The van der Waals surface area contributed by atoms with Crippen LogP contribution < -0.4 is 10.1 Å². The number of halogens is 1. The Labute approximate surface area is 231 Å². The van der Waals surface area contributed by atoms with Crippen LogP contribution in [0.1, 0.15) is 68.8 Å². The van der Waals surface area contributed by atoms with Gasteiger partial charge in [-0.1, -0.05) is 57.3 Å². The van der Waals surface area contributed by atoms with Crippen LogP contribution >= 0.6 is 11.6 Å². The second-order valence-electron chi connectivity index (χ2n) is 10.3. The molecule has 1 aliphatic rings. The number of hydrogen-bond acceptors (Lipinski definition) is 4. The fourth-order valence-corrected chi connectivity index (χ4v) is 6.40. The molecule has 0 bridgehead atoms. The van der Waals surface area contributed by atoms with E-state index in [4.69, 9.17) is 16.3 Å². The van der Waals surface area contributed by atoms with E-state index in [1.54, 1.807) is 24.3 Å². The first-order chi connectivity index (χ1) is 18.1. The molecule has 0 radical (unpaired) electrons. The Morgan fingerprint density at radius 3 is 2.08 bits per heavy atom. The predicted molar refractivity (Wildman–Crippen MR) is 153 cm³/mol. The van der Waals surface area contributed by atoms with Crippen LogP contribution in [0.15, 0.2) is 71.6 Å². The van der Waals surface area contributed by atoms with E-state index in [1.807, 2.05) is 12.1 Å². The highest BCUT2D eigenvalue weighted by Gasteiger charge is 2.28. The van der Waals surface area contributed by atoms with Crippen LogP contribution in [0.25, 0.3) is 0 Å². The molecule has 3 aromatic carbocycles. The topological polar surface area (TPSA) is 75.7 Å². The number of hydrogen-bond donors (Lipinski definition) is 1. The molecule has 1 heterocycles. The molecule has 4 rings (SSSR count). The van der Waals surface area contributed by atoms with Crippen molar-refractivity contribution in [3.8, 4) is 11.5 Å². The molecule has 0 aromatic heterocycles. The van der Waals surface area contributed by atoms with Crippen molar-refractivity contribution in [2.45, 2.75) is 63.2 Å². The monoisotopic (exact) mass is 554 g/mol. The summed E-state index contributed by atoms with van der Waals surface area (Å²) >= 11 is 6.28. The van der Waals surface area contributed by atoms with E-state index in [-0.39, 0.29) is 20.9 Å². The summed E-state index contributed by atoms with van der Waals surface area (Å²) in [4.78, 5) is 12.9. The van der Waals surface area contributed by atoms with Crippen molar-refractivity contribution in [2.24, 2.45) is 0 Å². The molecule has 1 saturated heterocycles. The Hall–Kier alpha value is -2.87. The second kappa shape index (κ2) is 11.9. The van der Waals surface area contributed by atoms with Gasteiger partial charge < -0.3 is 10.1 Å². The lowest BCUT2D eigenvalue weighted by Crippen LogP contribution is -2.32. The number of amides is 1. The van der Waals surface area contributed by atoms with E-state index in [0.29, 0.717) is 24.5 Å². The van der Waals surface area contributed by atoms with Gasteiger partial charge in [0.25, 0.3) is 5.91 Å². The summed E-state index contributed by atoms with van der Waals surface area (Å²) in [7, 11) is -3.79. The second-order valence-corrected chi connectivity index (χ2v) is 12.6. The maximum atomic E-state index is 13.3. The summed E-state index contributed by atoms with van der Waals surface area (Å²) in [5.41, 5.74) is 2.16. The molecule has 38 heavy (non-hydrogen) atoms. The minimum absolute atomic E-state index is 0.0363. The van der Waals surface area contributed by atoms with Gasteiger partial charge in [0.2, 0.25) is 10.0 Å². The fourth-order valence-electron chi connectivity index (χ4n) is 4.39. The SMILES string of the molecule is CCC(C)(C)c1ccc(Oc2ccc(NC(=O)c3ccc(Cl)c(S(=O)(=O)N4CCCCCC4)c3)cc2)cc1. The molecule has 3 aromatic rings. The number of benzene rings is 3. The third-order valence-electron chi connectivity index (χ3n) is 7.24. The highest BCUT2D eigenvalue weighted by molar-refractivity contribution is 7.89. The van der Waals surface area contributed by atoms with E-state index in [1.165, 1.54) is 28.1 Å². The van der Waals surface area contributed by atoms with Crippen LogP contribution in [-0.2, 0) is 15.4 Å². The van der Waals surface area contributed by atoms with E-state index in [9.17, 15) is 13.2 Å². The van der Waals surface area contributed by atoms with Crippen LogP contribution in [0.4, 0.5) is 5.69 Å². The van der Waals surface area contributed by atoms with Crippen molar-refractivity contribution < 1.29 is 17.9 Å². The number of ether oxygens (including phenoxy) is 1. The van der Waals surface area contributed by atoms with Crippen LogP contribution in [0.2, 0.25) is 5.02 Å². The van der Waals surface area contributed by atoms with Gasteiger partial charge >= 0.3 is 0 Å². The van der Waals surface area contributed by atoms with Gasteiger partial charge in [0, 0.05) is 24.3 Å². The maximum absolute atomic E-state index is 13.3. The average molecular weight is 555 g/mol. The van der Waals surface area contributed by atoms with E-state index >= 15 is 0 Å². The highest BCUT2D eigenvalue weighted by Crippen LogP contribution is 2.31. The number of nitrogens with zero attached hydrogens (tertiary/aromatic N) is 1. The number of nitrogens with one attached hydrogen (secondary N) is 1. The molecular weight excluding hydrogens is 520 g/mol. The smallest absolute Gasteiger partial charge is 0.255 e. The van der Waals surface area contributed by atoms with Crippen LogP contribution in [0, 0.1) is 0 Å².